The van der Waals surface area contributed by atoms with E-state index in [1.807, 2.05) is 35.4 Å². The maximum atomic E-state index is 13.8. The van der Waals surface area contributed by atoms with Crippen molar-refractivity contribution in [2.75, 3.05) is 0 Å². The Labute approximate surface area is 197 Å². The summed E-state index contributed by atoms with van der Waals surface area (Å²) in [6.45, 7) is 5.05. The first kappa shape index (κ1) is 21.7. The van der Waals surface area contributed by atoms with Crippen molar-refractivity contribution >= 4 is 44.7 Å². The van der Waals surface area contributed by atoms with Crippen molar-refractivity contribution in [3.63, 3.8) is 0 Å². The summed E-state index contributed by atoms with van der Waals surface area (Å²) in [6.07, 6.45) is 7.86. The van der Waals surface area contributed by atoms with Crippen LogP contribution in [0.5, 0.6) is 0 Å². The number of aromatic nitrogens is 1. The molecule has 1 aliphatic heterocycles. The zero-order valence-corrected chi connectivity index (χ0v) is 20.5. The quantitative estimate of drug-likeness (QED) is 0.496. The molecule has 5 nitrogen and oxygen atoms in total. The van der Waals surface area contributed by atoms with Gasteiger partial charge in [-0.25, -0.2) is 0 Å². The highest BCUT2D eigenvalue weighted by atomic mass is 32.1. The highest BCUT2D eigenvalue weighted by Crippen LogP contribution is 2.37. The lowest BCUT2D eigenvalue weighted by atomic mass is 9.93. The summed E-state index contributed by atoms with van der Waals surface area (Å²) in [5.41, 5.74) is 0.852. The topological polar surface area (TPSA) is 54.3 Å². The Morgan fingerprint density at radius 2 is 1.97 bits per heavy atom. The molecule has 0 bridgehead atoms. The van der Waals surface area contributed by atoms with E-state index in [4.69, 9.17) is 0 Å². The molecule has 4 heterocycles. The Morgan fingerprint density at radius 1 is 1.19 bits per heavy atom. The Balaban J connectivity index is 1.52. The van der Waals surface area contributed by atoms with E-state index in [2.05, 4.69) is 22.9 Å². The van der Waals surface area contributed by atoms with Gasteiger partial charge in [-0.1, -0.05) is 38.7 Å². The summed E-state index contributed by atoms with van der Waals surface area (Å²) in [4.78, 5) is 31.8. The minimum absolute atomic E-state index is 0.0206. The predicted molar refractivity (Wildman–Crippen MR) is 131 cm³/mol. The van der Waals surface area contributed by atoms with Crippen molar-refractivity contribution in [3.05, 3.63) is 45.1 Å². The maximum absolute atomic E-state index is 13.8. The minimum Gasteiger partial charge on any atom is -0.351 e. The number of nitrogens with zero attached hydrogens (tertiary/aromatic N) is 2. The number of hydrogen-bond donors (Lipinski definition) is 1. The van der Waals surface area contributed by atoms with Gasteiger partial charge in [-0.2, -0.15) is 0 Å². The van der Waals surface area contributed by atoms with Gasteiger partial charge >= 0.3 is 0 Å². The highest BCUT2D eigenvalue weighted by Gasteiger charge is 2.48. The molecule has 170 valence electrons. The molecule has 3 aromatic heterocycles. The van der Waals surface area contributed by atoms with Crippen molar-refractivity contribution in [1.29, 1.82) is 0 Å². The molecule has 1 saturated carbocycles. The average Bonchev–Trinajstić information content (AvgIpc) is 3.45. The molecule has 32 heavy (non-hydrogen) atoms. The highest BCUT2D eigenvalue weighted by molar-refractivity contribution is 7.19. The van der Waals surface area contributed by atoms with E-state index in [1.165, 1.54) is 17.7 Å². The molecule has 7 heteroatoms. The lowest BCUT2D eigenvalue weighted by molar-refractivity contribution is -0.134. The number of fused-ring (bicyclic) bond motifs is 3. The smallest absolute Gasteiger partial charge is 0.271 e. The fraction of sp³-hybridized carbons (Fsp3) is 0.520. The van der Waals surface area contributed by atoms with Crippen molar-refractivity contribution in [3.8, 4) is 0 Å². The number of nitrogens with one attached hydrogen (secondary N) is 1. The van der Waals surface area contributed by atoms with E-state index in [0.717, 1.165) is 47.2 Å². The van der Waals surface area contributed by atoms with E-state index in [1.54, 1.807) is 22.7 Å². The fourth-order valence-electron chi connectivity index (χ4n) is 5.13. The van der Waals surface area contributed by atoms with Gasteiger partial charge in [-0.05, 0) is 49.8 Å². The van der Waals surface area contributed by atoms with Crippen LogP contribution in [-0.4, -0.2) is 32.9 Å². The fourth-order valence-corrected chi connectivity index (χ4v) is 6.87. The second-order valence-corrected chi connectivity index (χ2v) is 11.5. The standard InChI is InChI=1S/C25H31N3O2S2/c1-3-18-13-20-22(32-18)14-21-23(29)28(15-19-11-8-12-31-19)25(2,16-27(20)21)24(30)26-17-9-6-4-5-7-10-17/h8,11-14,17H,3-7,9-10,15-16H2,1-2H3,(H,26,30)/t25-/m1/s1. The molecule has 2 amide bonds. The van der Waals surface area contributed by atoms with Gasteiger partial charge in [-0.3, -0.25) is 9.59 Å². The number of aryl methyl sites for hydroxylation is 1. The van der Waals surface area contributed by atoms with Crippen molar-refractivity contribution in [2.24, 2.45) is 0 Å². The van der Waals surface area contributed by atoms with Crippen LogP contribution in [0.4, 0.5) is 0 Å². The van der Waals surface area contributed by atoms with Crippen LogP contribution in [0.15, 0.2) is 29.6 Å². The first-order chi connectivity index (χ1) is 15.5. The van der Waals surface area contributed by atoms with Crippen molar-refractivity contribution < 1.29 is 9.59 Å². The molecular weight excluding hydrogens is 438 g/mol. The van der Waals surface area contributed by atoms with Gasteiger partial charge in [0.1, 0.15) is 11.2 Å². The van der Waals surface area contributed by atoms with Gasteiger partial charge in [-0.15, -0.1) is 22.7 Å². The molecule has 3 aromatic rings. The molecule has 0 spiro atoms. The van der Waals surface area contributed by atoms with E-state index in [9.17, 15) is 9.59 Å². The molecule has 2 aliphatic rings. The number of thiophene rings is 2. The van der Waals surface area contributed by atoms with Crippen molar-refractivity contribution in [1.82, 2.24) is 14.8 Å². The summed E-state index contributed by atoms with van der Waals surface area (Å²) in [7, 11) is 0. The number of amides is 2. The van der Waals surface area contributed by atoms with Crippen LogP contribution in [0, 0.1) is 0 Å². The van der Waals surface area contributed by atoms with Gasteiger partial charge in [0.15, 0.2) is 0 Å². The number of carbonyl (C=O) groups excluding carboxylic acids is 2. The van der Waals surface area contributed by atoms with Crippen LogP contribution in [-0.2, 0) is 24.3 Å². The second kappa shape index (κ2) is 8.67. The van der Waals surface area contributed by atoms with Crippen LogP contribution in [0.1, 0.15) is 72.6 Å². The monoisotopic (exact) mass is 469 g/mol. The van der Waals surface area contributed by atoms with E-state index >= 15 is 0 Å². The summed E-state index contributed by atoms with van der Waals surface area (Å²) < 4.78 is 3.22. The molecule has 0 aromatic carbocycles. The first-order valence-electron chi connectivity index (χ1n) is 11.8. The molecule has 0 unspecified atom stereocenters. The molecule has 0 radical (unpaired) electrons. The number of carbonyl (C=O) groups is 2. The van der Waals surface area contributed by atoms with E-state index < -0.39 is 5.54 Å². The minimum atomic E-state index is -0.930. The summed E-state index contributed by atoms with van der Waals surface area (Å²) in [5, 5.41) is 5.37. The Hall–Kier alpha value is -2.12. The third-order valence-electron chi connectivity index (χ3n) is 7.09. The van der Waals surface area contributed by atoms with Gasteiger partial charge in [0.05, 0.1) is 23.3 Å². The van der Waals surface area contributed by atoms with E-state index in [0.29, 0.717) is 18.8 Å². The SMILES string of the molecule is CCc1cc2c(cc3n2C[C@](C)(C(=O)NC2CCCCCC2)N(Cc2cccs2)C3=O)s1. The van der Waals surface area contributed by atoms with E-state index in [-0.39, 0.29) is 17.9 Å². The lowest BCUT2D eigenvalue weighted by Gasteiger charge is -2.44. The molecule has 5 rings (SSSR count). The van der Waals surface area contributed by atoms with Crippen LogP contribution in [0.2, 0.25) is 0 Å². The first-order valence-corrected chi connectivity index (χ1v) is 13.5. The lowest BCUT2D eigenvalue weighted by Crippen LogP contribution is -2.64. The molecule has 1 fully saturated rings. The largest absolute Gasteiger partial charge is 0.351 e. The zero-order chi connectivity index (χ0) is 22.3. The third-order valence-corrected chi connectivity index (χ3v) is 9.17. The third kappa shape index (κ3) is 3.79. The average molecular weight is 470 g/mol. The molecule has 1 atom stereocenters. The summed E-state index contributed by atoms with van der Waals surface area (Å²) in [5.74, 6) is -0.0719. The number of hydrogen-bond acceptors (Lipinski definition) is 4. The second-order valence-electron chi connectivity index (χ2n) is 9.34. The molecule has 0 saturated heterocycles. The zero-order valence-electron chi connectivity index (χ0n) is 18.9. The van der Waals surface area contributed by atoms with Crippen LogP contribution in [0.3, 0.4) is 0 Å². The van der Waals surface area contributed by atoms with Gasteiger partial charge in [0, 0.05) is 15.8 Å². The van der Waals surface area contributed by atoms with Gasteiger partial charge < -0.3 is 14.8 Å². The molecule has 1 N–H and O–H groups in total. The molecule has 1 aliphatic carbocycles. The Bertz CT molecular complexity index is 1120. The summed E-state index contributed by atoms with van der Waals surface area (Å²) in [6, 6.07) is 8.46. The van der Waals surface area contributed by atoms with Crippen molar-refractivity contribution in [2.45, 2.75) is 83.5 Å². The maximum Gasteiger partial charge on any atom is 0.271 e. The van der Waals surface area contributed by atoms with Crippen LogP contribution >= 0.6 is 22.7 Å². The summed E-state index contributed by atoms with van der Waals surface area (Å²) >= 11 is 3.38. The Morgan fingerprint density at radius 3 is 2.66 bits per heavy atom. The normalized spacial score (nSPS) is 22.2. The predicted octanol–water partition coefficient (Wildman–Crippen LogP) is 5.58. The van der Waals surface area contributed by atoms with Gasteiger partial charge in [0.2, 0.25) is 5.91 Å². The molecular formula is C25H31N3O2S2. The number of rotatable bonds is 5. The van der Waals surface area contributed by atoms with Gasteiger partial charge in [0.25, 0.3) is 5.91 Å². The van der Waals surface area contributed by atoms with Crippen LogP contribution < -0.4 is 5.32 Å². The van der Waals surface area contributed by atoms with Crippen LogP contribution in [0.25, 0.3) is 10.2 Å². The Kier molecular flexibility index (Phi) is 5.88.